The van der Waals surface area contributed by atoms with Crippen molar-refractivity contribution in [3.63, 3.8) is 0 Å². The first kappa shape index (κ1) is 27.4. The number of pyridine rings is 1. The fraction of sp³-hybridized carbons (Fsp3) is 0.214. The van der Waals surface area contributed by atoms with Gasteiger partial charge < -0.3 is 20.7 Å². The van der Waals surface area contributed by atoms with Crippen molar-refractivity contribution < 1.29 is 22.7 Å². The third-order valence-corrected chi connectivity index (χ3v) is 6.58. The van der Waals surface area contributed by atoms with E-state index in [1.807, 2.05) is 6.07 Å². The summed E-state index contributed by atoms with van der Waals surface area (Å²) in [5.74, 6) is -0.165. The van der Waals surface area contributed by atoms with Crippen LogP contribution >= 0.6 is 11.6 Å². The Labute approximate surface area is 233 Å². The Morgan fingerprint density at radius 2 is 1.98 bits per heavy atom. The van der Waals surface area contributed by atoms with Crippen molar-refractivity contribution >= 4 is 34.7 Å². The van der Waals surface area contributed by atoms with Crippen LogP contribution in [0.25, 0.3) is 11.3 Å². The molecule has 1 amide bonds. The Morgan fingerprint density at radius 3 is 2.73 bits per heavy atom. The molecular formula is C28H24ClF3N6O2. The van der Waals surface area contributed by atoms with Gasteiger partial charge in [0.15, 0.2) is 0 Å². The maximum atomic E-state index is 13.6. The van der Waals surface area contributed by atoms with Crippen molar-refractivity contribution in [1.82, 2.24) is 20.3 Å². The van der Waals surface area contributed by atoms with E-state index in [0.717, 1.165) is 31.5 Å². The molecule has 0 unspecified atom stereocenters. The van der Waals surface area contributed by atoms with Gasteiger partial charge in [0.2, 0.25) is 0 Å². The van der Waals surface area contributed by atoms with Gasteiger partial charge in [0.25, 0.3) is 5.91 Å². The van der Waals surface area contributed by atoms with Gasteiger partial charge in [-0.25, -0.2) is 15.0 Å². The number of hydrogen-bond donors (Lipinski definition) is 3. The highest BCUT2D eigenvalue weighted by atomic mass is 35.5. The summed E-state index contributed by atoms with van der Waals surface area (Å²) < 4.78 is 46.4. The first-order valence-electron chi connectivity index (χ1n) is 12.4. The summed E-state index contributed by atoms with van der Waals surface area (Å²) >= 11 is 6.40. The van der Waals surface area contributed by atoms with Gasteiger partial charge in [0, 0.05) is 41.3 Å². The predicted octanol–water partition coefficient (Wildman–Crippen LogP) is 6.34. The van der Waals surface area contributed by atoms with Crippen LogP contribution < -0.4 is 20.7 Å². The number of ether oxygens (including phenoxy) is 1. The van der Waals surface area contributed by atoms with Crippen LogP contribution in [0.4, 0.5) is 30.4 Å². The van der Waals surface area contributed by atoms with E-state index in [1.54, 1.807) is 24.5 Å². The Kier molecular flexibility index (Phi) is 8.13. The molecule has 40 heavy (non-hydrogen) atoms. The molecule has 2 aromatic carbocycles. The summed E-state index contributed by atoms with van der Waals surface area (Å²) in [6.45, 7) is 1.07. The number of aromatic nitrogens is 3. The number of alkyl halides is 3. The van der Waals surface area contributed by atoms with Gasteiger partial charge in [-0.2, -0.15) is 13.2 Å². The van der Waals surface area contributed by atoms with E-state index in [2.05, 4.69) is 30.9 Å². The van der Waals surface area contributed by atoms with Crippen molar-refractivity contribution in [2.75, 3.05) is 23.8 Å². The Balaban J connectivity index is 1.37. The standard InChI is InChI=1S/C28H24ClF3N6O2/c29-23-6-5-17(11-25(23)38-26-22(4-2-9-35-26)24-7-10-33-16-36-24)27(39)37-20-12-18(28(30,31)32)13-21(14-20)40-15-19-3-1-8-34-19/h2,4-7,9-14,16,19,34H,1,3,8,15H2,(H,35,38)(H,37,39)/t19-/m0/s1. The van der Waals surface area contributed by atoms with E-state index in [0.29, 0.717) is 27.8 Å². The second-order valence-corrected chi connectivity index (χ2v) is 9.52. The molecule has 4 aromatic rings. The molecule has 1 saturated heterocycles. The molecule has 8 nitrogen and oxygen atoms in total. The van der Waals surface area contributed by atoms with Crippen LogP contribution in [0, 0.1) is 0 Å². The first-order chi connectivity index (χ1) is 19.3. The number of nitrogens with zero attached hydrogens (tertiary/aromatic N) is 3. The minimum absolute atomic E-state index is 0.0182. The van der Waals surface area contributed by atoms with Gasteiger partial charge in [-0.3, -0.25) is 4.79 Å². The molecule has 0 bridgehead atoms. The average Bonchev–Trinajstić information content (AvgIpc) is 3.47. The lowest BCUT2D eigenvalue weighted by atomic mass is 10.1. The molecule has 0 spiro atoms. The zero-order chi connectivity index (χ0) is 28.1. The number of hydrogen-bond acceptors (Lipinski definition) is 7. The highest BCUT2D eigenvalue weighted by Crippen LogP contribution is 2.35. The van der Waals surface area contributed by atoms with Gasteiger partial charge in [-0.05, 0) is 67.9 Å². The zero-order valence-corrected chi connectivity index (χ0v) is 21.8. The fourth-order valence-corrected chi connectivity index (χ4v) is 4.43. The number of rotatable bonds is 8. The lowest BCUT2D eigenvalue weighted by molar-refractivity contribution is -0.137. The summed E-state index contributed by atoms with van der Waals surface area (Å²) in [6.07, 6.45) is 1.86. The molecule has 3 heterocycles. The Bertz CT molecular complexity index is 1500. The first-order valence-corrected chi connectivity index (χ1v) is 12.8. The number of nitrogens with one attached hydrogen (secondary N) is 3. The van der Waals surface area contributed by atoms with Crippen LogP contribution in [0.15, 0.2) is 73.3 Å². The number of halogens is 4. The highest BCUT2D eigenvalue weighted by molar-refractivity contribution is 6.33. The summed E-state index contributed by atoms with van der Waals surface area (Å²) in [6, 6.07) is 13.0. The maximum Gasteiger partial charge on any atom is 0.416 e. The Hall–Kier alpha value is -4.22. The summed E-state index contributed by atoms with van der Waals surface area (Å²) in [5.41, 5.74) is 0.879. The topological polar surface area (TPSA) is 101 Å². The number of amides is 1. The lowest BCUT2D eigenvalue weighted by Gasteiger charge is -2.16. The molecular weight excluding hydrogens is 545 g/mol. The van der Waals surface area contributed by atoms with E-state index in [1.165, 1.54) is 30.6 Å². The van der Waals surface area contributed by atoms with Gasteiger partial charge in [0.05, 0.1) is 22.0 Å². The van der Waals surface area contributed by atoms with Crippen LogP contribution in [0.5, 0.6) is 5.75 Å². The lowest BCUT2D eigenvalue weighted by Crippen LogP contribution is -2.28. The van der Waals surface area contributed by atoms with Gasteiger partial charge in [-0.15, -0.1) is 0 Å². The van der Waals surface area contributed by atoms with Crippen molar-refractivity contribution in [1.29, 1.82) is 0 Å². The van der Waals surface area contributed by atoms with Crippen molar-refractivity contribution in [3.05, 3.63) is 89.5 Å². The number of carbonyl (C=O) groups is 1. The maximum absolute atomic E-state index is 13.6. The Morgan fingerprint density at radius 1 is 1.10 bits per heavy atom. The molecule has 206 valence electrons. The predicted molar refractivity (Wildman–Crippen MR) is 146 cm³/mol. The van der Waals surface area contributed by atoms with E-state index in [9.17, 15) is 18.0 Å². The van der Waals surface area contributed by atoms with Crippen LogP contribution in [0.1, 0.15) is 28.8 Å². The number of benzene rings is 2. The molecule has 0 saturated carbocycles. The van der Waals surface area contributed by atoms with E-state index >= 15 is 0 Å². The smallest absolute Gasteiger partial charge is 0.416 e. The van der Waals surface area contributed by atoms with Crippen molar-refractivity contribution in [3.8, 4) is 17.0 Å². The van der Waals surface area contributed by atoms with E-state index < -0.39 is 17.6 Å². The fourth-order valence-electron chi connectivity index (χ4n) is 4.27. The van der Waals surface area contributed by atoms with Crippen LogP contribution in [-0.4, -0.2) is 40.1 Å². The molecule has 1 fully saturated rings. The number of carbonyl (C=O) groups excluding carboxylic acids is 1. The van der Waals surface area contributed by atoms with E-state index in [4.69, 9.17) is 16.3 Å². The third kappa shape index (κ3) is 6.67. The average molecular weight is 569 g/mol. The van der Waals surface area contributed by atoms with Crippen molar-refractivity contribution in [2.45, 2.75) is 25.1 Å². The van der Waals surface area contributed by atoms with Crippen LogP contribution in [0.2, 0.25) is 5.02 Å². The molecule has 2 aromatic heterocycles. The van der Waals surface area contributed by atoms with E-state index in [-0.39, 0.29) is 29.6 Å². The molecule has 5 rings (SSSR count). The zero-order valence-electron chi connectivity index (χ0n) is 21.0. The molecule has 1 aliphatic rings. The minimum atomic E-state index is -4.62. The SMILES string of the molecule is O=C(Nc1cc(OC[C@@H]2CCCN2)cc(C(F)(F)F)c1)c1ccc(Cl)c(Nc2ncccc2-c2ccncn2)c1. The summed E-state index contributed by atoms with van der Waals surface area (Å²) in [4.78, 5) is 25.7. The van der Waals surface area contributed by atoms with Crippen LogP contribution in [0.3, 0.4) is 0 Å². The van der Waals surface area contributed by atoms with Gasteiger partial charge in [-0.1, -0.05) is 11.6 Å². The molecule has 12 heteroatoms. The summed E-state index contributed by atoms with van der Waals surface area (Å²) in [5, 5.41) is 9.22. The second kappa shape index (κ2) is 11.9. The minimum Gasteiger partial charge on any atom is -0.492 e. The summed E-state index contributed by atoms with van der Waals surface area (Å²) in [7, 11) is 0. The molecule has 3 N–H and O–H groups in total. The normalized spacial score (nSPS) is 15.1. The highest BCUT2D eigenvalue weighted by Gasteiger charge is 2.32. The third-order valence-electron chi connectivity index (χ3n) is 6.25. The number of anilines is 3. The molecule has 1 aliphatic heterocycles. The van der Waals surface area contributed by atoms with Crippen molar-refractivity contribution in [2.24, 2.45) is 0 Å². The van der Waals surface area contributed by atoms with Crippen LogP contribution in [-0.2, 0) is 6.18 Å². The monoisotopic (exact) mass is 568 g/mol. The molecule has 0 aliphatic carbocycles. The quantitative estimate of drug-likeness (QED) is 0.228. The molecule has 0 radical (unpaired) electrons. The largest absolute Gasteiger partial charge is 0.492 e. The van der Waals surface area contributed by atoms with Gasteiger partial charge >= 0.3 is 6.18 Å². The van der Waals surface area contributed by atoms with Gasteiger partial charge in [0.1, 0.15) is 24.5 Å². The second-order valence-electron chi connectivity index (χ2n) is 9.12. The molecule has 1 atom stereocenters.